The number of fused-ring (bicyclic) bond motifs is 2. The number of carbonyl (C=O) groups is 1. The van der Waals surface area contributed by atoms with Crippen LogP contribution in [-0.2, 0) is 6.54 Å². The zero-order chi connectivity index (χ0) is 18.9. The van der Waals surface area contributed by atoms with E-state index in [1.54, 1.807) is 12.3 Å². The number of benzene rings is 1. The van der Waals surface area contributed by atoms with Gasteiger partial charge < -0.3 is 15.1 Å². The molecule has 1 amide bonds. The standard InChI is InChI=1S/C21H21N5O2/c27-21(18-12-14-4-1-2-6-17(14)28-18)24-10-11-26-20-16(5-3-8-23-20)19(25-26)15-7-9-22-13-15/h1-6,8,12,15,22H,7,9-11,13H2,(H,24,27). The van der Waals surface area contributed by atoms with Gasteiger partial charge >= 0.3 is 0 Å². The molecule has 0 spiro atoms. The van der Waals surface area contributed by atoms with Crippen molar-refractivity contribution in [2.75, 3.05) is 19.6 Å². The van der Waals surface area contributed by atoms with E-state index in [9.17, 15) is 4.79 Å². The molecule has 0 bridgehead atoms. The highest BCUT2D eigenvalue weighted by Crippen LogP contribution is 2.27. The largest absolute Gasteiger partial charge is 0.451 e. The summed E-state index contributed by atoms with van der Waals surface area (Å²) in [4.78, 5) is 16.9. The number of hydrogen-bond donors (Lipinski definition) is 2. The van der Waals surface area contributed by atoms with Crippen molar-refractivity contribution >= 4 is 27.9 Å². The first-order chi connectivity index (χ1) is 13.8. The van der Waals surface area contributed by atoms with Crippen LogP contribution in [-0.4, -0.2) is 40.3 Å². The van der Waals surface area contributed by atoms with E-state index in [4.69, 9.17) is 9.52 Å². The minimum Gasteiger partial charge on any atom is -0.451 e. The number of aromatic nitrogens is 3. The van der Waals surface area contributed by atoms with Crippen molar-refractivity contribution in [2.24, 2.45) is 0 Å². The molecule has 1 saturated heterocycles. The minimum absolute atomic E-state index is 0.221. The molecule has 1 aromatic carbocycles. The molecule has 4 heterocycles. The number of amides is 1. The topological polar surface area (TPSA) is 85.0 Å². The Morgan fingerprint density at radius 2 is 2.21 bits per heavy atom. The highest BCUT2D eigenvalue weighted by Gasteiger charge is 2.23. The molecule has 0 radical (unpaired) electrons. The summed E-state index contributed by atoms with van der Waals surface area (Å²) in [6.45, 7) is 2.97. The number of hydrogen-bond acceptors (Lipinski definition) is 5. The van der Waals surface area contributed by atoms with E-state index < -0.39 is 0 Å². The monoisotopic (exact) mass is 375 g/mol. The molecule has 5 rings (SSSR count). The lowest BCUT2D eigenvalue weighted by atomic mass is 10.0. The molecule has 7 nitrogen and oxygen atoms in total. The summed E-state index contributed by atoms with van der Waals surface area (Å²) in [7, 11) is 0. The van der Waals surface area contributed by atoms with Gasteiger partial charge in [-0.3, -0.25) is 4.79 Å². The van der Waals surface area contributed by atoms with Crippen LogP contribution < -0.4 is 10.6 Å². The summed E-state index contributed by atoms with van der Waals surface area (Å²) in [6.07, 6.45) is 2.87. The Hall–Kier alpha value is -3.19. The lowest BCUT2D eigenvalue weighted by Crippen LogP contribution is -2.27. The number of para-hydroxylation sites is 1. The Kier molecular flexibility index (Phi) is 4.29. The summed E-state index contributed by atoms with van der Waals surface area (Å²) in [5, 5.41) is 13.1. The van der Waals surface area contributed by atoms with Gasteiger partial charge in [-0.2, -0.15) is 5.10 Å². The van der Waals surface area contributed by atoms with Crippen LogP contribution in [0.3, 0.4) is 0 Å². The van der Waals surface area contributed by atoms with Crippen molar-refractivity contribution in [1.29, 1.82) is 0 Å². The van der Waals surface area contributed by atoms with Gasteiger partial charge in [0.05, 0.1) is 12.2 Å². The molecular formula is C21H21N5O2. The van der Waals surface area contributed by atoms with Gasteiger partial charge in [0.1, 0.15) is 5.58 Å². The summed E-state index contributed by atoms with van der Waals surface area (Å²) in [5.74, 6) is 0.515. The first-order valence-corrected chi connectivity index (χ1v) is 9.58. The lowest BCUT2D eigenvalue weighted by Gasteiger charge is -2.05. The van der Waals surface area contributed by atoms with Gasteiger partial charge in [-0.05, 0) is 37.2 Å². The Bertz CT molecular complexity index is 1110. The van der Waals surface area contributed by atoms with Crippen LogP contribution in [0.4, 0.5) is 0 Å². The highest BCUT2D eigenvalue weighted by atomic mass is 16.3. The molecule has 28 heavy (non-hydrogen) atoms. The van der Waals surface area contributed by atoms with Crippen LogP contribution in [0.25, 0.3) is 22.0 Å². The maximum atomic E-state index is 12.4. The van der Waals surface area contributed by atoms with Crippen LogP contribution in [0.15, 0.2) is 53.1 Å². The van der Waals surface area contributed by atoms with Crippen molar-refractivity contribution in [3.05, 3.63) is 60.1 Å². The van der Waals surface area contributed by atoms with Crippen molar-refractivity contribution in [1.82, 2.24) is 25.4 Å². The van der Waals surface area contributed by atoms with Gasteiger partial charge in [-0.1, -0.05) is 18.2 Å². The van der Waals surface area contributed by atoms with Crippen molar-refractivity contribution in [3.8, 4) is 0 Å². The average Bonchev–Trinajstić information content (AvgIpc) is 3.46. The van der Waals surface area contributed by atoms with Crippen molar-refractivity contribution < 1.29 is 9.21 Å². The second-order valence-corrected chi connectivity index (χ2v) is 7.08. The summed E-state index contributed by atoms with van der Waals surface area (Å²) in [5.41, 5.74) is 2.67. The molecule has 1 aliphatic rings. The summed E-state index contributed by atoms with van der Waals surface area (Å²) in [6, 6.07) is 13.4. The Balaban J connectivity index is 1.31. The maximum absolute atomic E-state index is 12.4. The second kappa shape index (κ2) is 7.09. The fourth-order valence-electron chi connectivity index (χ4n) is 3.84. The number of rotatable bonds is 5. The van der Waals surface area contributed by atoms with Gasteiger partial charge in [0.25, 0.3) is 5.91 Å². The van der Waals surface area contributed by atoms with Crippen molar-refractivity contribution in [3.63, 3.8) is 0 Å². The van der Waals surface area contributed by atoms with E-state index in [-0.39, 0.29) is 5.91 Å². The molecular weight excluding hydrogens is 354 g/mol. The maximum Gasteiger partial charge on any atom is 0.287 e. The molecule has 3 aromatic heterocycles. The predicted molar refractivity (Wildman–Crippen MR) is 106 cm³/mol. The molecule has 0 saturated carbocycles. The van der Waals surface area contributed by atoms with Gasteiger partial charge in [0.2, 0.25) is 0 Å². The number of nitrogens with one attached hydrogen (secondary N) is 2. The molecule has 4 aromatic rings. The van der Waals surface area contributed by atoms with Gasteiger partial charge in [-0.25, -0.2) is 9.67 Å². The van der Waals surface area contributed by atoms with E-state index in [0.29, 0.717) is 30.4 Å². The van der Waals surface area contributed by atoms with Crippen LogP contribution in [0.2, 0.25) is 0 Å². The number of nitrogens with zero attached hydrogens (tertiary/aromatic N) is 3. The quantitative estimate of drug-likeness (QED) is 0.560. The van der Waals surface area contributed by atoms with Crippen LogP contribution in [0, 0.1) is 0 Å². The fourth-order valence-corrected chi connectivity index (χ4v) is 3.84. The van der Waals surface area contributed by atoms with E-state index in [1.165, 1.54) is 0 Å². The summed E-state index contributed by atoms with van der Waals surface area (Å²) >= 11 is 0. The first kappa shape index (κ1) is 16.9. The number of pyridine rings is 1. The highest BCUT2D eigenvalue weighted by molar-refractivity contribution is 5.96. The third-order valence-corrected chi connectivity index (χ3v) is 5.24. The number of carbonyl (C=O) groups excluding carboxylic acids is 1. The van der Waals surface area contributed by atoms with Crippen LogP contribution in [0.5, 0.6) is 0 Å². The molecule has 0 aliphatic carbocycles. The van der Waals surface area contributed by atoms with E-state index in [1.807, 2.05) is 35.0 Å². The molecule has 7 heteroatoms. The fraction of sp³-hybridized carbons (Fsp3) is 0.286. The Morgan fingerprint density at radius 1 is 1.29 bits per heavy atom. The predicted octanol–water partition coefficient (Wildman–Crippen LogP) is 2.68. The first-order valence-electron chi connectivity index (χ1n) is 9.58. The lowest BCUT2D eigenvalue weighted by molar-refractivity contribution is 0.0926. The third-order valence-electron chi connectivity index (χ3n) is 5.24. The molecule has 1 unspecified atom stereocenters. The average molecular weight is 375 g/mol. The van der Waals surface area contributed by atoms with Crippen LogP contribution >= 0.6 is 0 Å². The zero-order valence-corrected chi connectivity index (χ0v) is 15.4. The Labute approximate surface area is 161 Å². The molecule has 1 aliphatic heterocycles. The van der Waals surface area contributed by atoms with Crippen LogP contribution in [0.1, 0.15) is 28.6 Å². The Morgan fingerprint density at radius 3 is 3.07 bits per heavy atom. The molecule has 1 fully saturated rings. The molecule has 1 atom stereocenters. The van der Waals surface area contributed by atoms with Gasteiger partial charge in [0, 0.05) is 36.0 Å². The van der Waals surface area contributed by atoms with Crippen molar-refractivity contribution in [2.45, 2.75) is 18.9 Å². The number of furan rings is 1. The SMILES string of the molecule is O=C(NCCn1nc(C2CCNC2)c2cccnc21)c1cc2ccccc2o1. The minimum atomic E-state index is -0.221. The van der Waals surface area contributed by atoms with Gasteiger partial charge in [0.15, 0.2) is 11.4 Å². The molecule has 2 N–H and O–H groups in total. The smallest absolute Gasteiger partial charge is 0.287 e. The molecule has 142 valence electrons. The van der Waals surface area contributed by atoms with Gasteiger partial charge in [-0.15, -0.1) is 0 Å². The second-order valence-electron chi connectivity index (χ2n) is 7.08. The zero-order valence-electron chi connectivity index (χ0n) is 15.4. The normalized spacial score (nSPS) is 16.8. The third kappa shape index (κ3) is 3.03. The van der Waals surface area contributed by atoms with E-state index >= 15 is 0 Å². The summed E-state index contributed by atoms with van der Waals surface area (Å²) < 4.78 is 7.51. The van der Waals surface area contributed by atoms with E-state index in [0.717, 1.165) is 41.6 Å². The van der Waals surface area contributed by atoms with E-state index in [2.05, 4.69) is 21.7 Å².